The van der Waals surface area contributed by atoms with E-state index in [9.17, 15) is 9.18 Å². The van der Waals surface area contributed by atoms with Crippen LogP contribution in [0.3, 0.4) is 0 Å². The Hall–Kier alpha value is -2.61. The second-order valence-electron chi connectivity index (χ2n) is 4.38. The normalized spacial score (nSPS) is 10.5. The summed E-state index contributed by atoms with van der Waals surface area (Å²) in [5.74, 6) is -0.715. The molecule has 1 aromatic heterocycles. The molecule has 22 heavy (non-hydrogen) atoms. The van der Waals surface area contributed by atoms with Crippen LogP contribution in [0.15, 0.2) is 53.3 Å². The van der Waals surface area contributed by atoms with E-state index in [0.29, 0.717) is 16.9 Å². The number of nitrogens with zero attached hydrogens (tertiary/aromatic N) is 4. The summed E-state index contributed by atoms with van der Waals surface area (Å²) >= 11 is 3.33. The zero-order valence-corrected chi connectivity index (χ0v) is 12.7. The molecule has 8 heteroatoms. The molecule has 0 spiro atoms. The molecule has 3 aromatic rings. The zero-order valence-electron chi connectivity index (χ0n) is 11.1. The Morgan fingerprint density at radius 3 is 2.64 bits per heavy atom. The van der Waals surface area contributed by atoms with Crippen molar-refractivity contribution in [3.05, 3.63) is 64.6 Å². The number of carbonyl (C=O) groups excluding carboxylic acids is 1. The average Bonchev–Trinajstić information content (AvgIpc) is 3.03. The molecular weight excluding hydrogens is 353 g/mol. The lowest BCUT2D eigenvalue weighted by Crippen LogP contribution is -2.15. The van der Waals surface area contributed by atoms with E-state index in [1.807, 2.05) is 0 Å². The van der Waals surface area contributed by atoms with Gasteiger partial charge in [0.2, 0.25) is 0 Å². The van der Waals surface area contributed by atoms with E-state index in [4.69, 9.17) is 0 Å². The number of amides is 1. The lowest BCUT2D eigenvalue weighted by molar-refractivity contribution is 0.102. The molecule has 1 heterocycles. The van der Waals surface area contributed by atoms with Crippen LogP contribution in [0.4, 0.5) is 10.1 Å². The Balaban J connectivity index is 1.94. The van der Waals surface area contributed by atoms with Gasteiger partial charge in [-0.2, -0.15) is 4.68 Å². The van der Waals surface area contributed by atoms with Gasteiger partial charge in [0, 0.05) is 10.2 Å². The smallest absolute Gasteiger partial charge is 0.257 e. The van der Waals surface area contributed by atoms with Crippen LogP contribution in [-0.2, 0) is 0 Å². The lowest BCUT2D eigenvalue weighted by Gasteiger charge is -2.10. The van der Waals surface area contributed by atoms with Gasteiger partial charge in [-0.3, -0.25) is 4.79 Å². The summed E-state index contributed by atoms with van der Waals surface area (Å²) in [5, 5.41) is 13.6. The third-order valence-electron chi connectivity index (χ3n) is 2.90. The summed E-state index contributed by atoms with van der Waals surface area (Å²) < 4.78 is 15.0. The maximum absolute atomic E-state index is 12.9. The fourth-order valence-corrected chi connectivity index (χ4v) is 2.25. The van der Waals surface area contributed by atoms with Gasteiger partial charge in [0.15, 0.2) is 0 Å². The van der Waals surface area contributed by atoms with Crippen LogP contribution >= 0.6 is 15.9 Å². The van der Waals surface area contributed by atoms with Crippen molar-refractivity contribution in [2.75, 3.05) is 5.32 Å². The third kappa shape index (κ3) is 3.01. The van der Waals surface area contributed by atoms with Crippen molar-refractivity contribution in [3.8, 4) is 5.69 Å². The summed E-state index contributed by atoms with van der Waals surface area (Å²) in [4.78, 5) is 12.5. The minimum Gasteiger partial charge on any atom is -0.322 e. The number of nitrogens with one attached hydrogen (secondary N) is 1. The maximum Gasteiger partial charge on any atom is 0.257 e. The predicted molar refractivity (Wildman–Crippen MR) is 81.2 cm³/mol. The zero-order chi connectivity index (χ0) is 15.5. The highest BCUT2D eigenvalue weighted by Crippen LogP contribution is 2.21. The summed E-state index contributed by atoms with van der Waals surface area (Å²) in [7, 11) is 0. The Bertz CT molecular complexity index is 805. The van der Waals surface area contributed by atoms with E-state index >= 15 is 0 Å². The van der Waals surface area contributed by atoms with Crippen LogP contribution < -0.4 is 5.32 Å². The van der Waals surface area contributed by atoms with E-state index in [0.717, 1.165) is 4.47 Å². The van der Waals surface area contributed by atoms with Crippen LogP contribution in [-0.4, -0.2) is 26.1 Å². The molecule has 0 bridgehead atoms. The molecule has 0 fully saturated rings. The van der Waals surface area contributed by atoms with E-state index < -0.39 is 0 Å². The quantitative estimate of drug-likeness (QED) is 0.778. The van der Waals surface area contributed by atoms with Gasteiger partial charge >= 0.3 is 0 Å². The minimum absolute atomic E-state index is 0.349. The molecule has 0 saturated heterocycles. The number of benzene rings is 2. The monoisotopic (exact) mass is 361 g/mol. The van der Waals surface area contributed by atoms with Crippen LogP contribution in [0.1, 0.15) is 10.4 Å². The summed E-state index contributed by atoms with van der Waals surface area (Å²) in [6, 6.07) is 10.7. The topological polar surface area (TPSA) is 72.7 Å². The lowest BCUT2D eigenvalue weighted by atomic mass is 10.1. The molecule has 110 valence electrons. The van der Waals surface area contributed by atoms with Gasteiger partial charge in [-0.25, -0.2) is 4.39 Å². The molecule has 2 aromatic carbocycles. The number of rotatable bonds is 3. The fraction of sp³-hybridized carbons (Fsp3) is 0. The van der Waals surface area contributed by atoms with E-state index in [1.165, 1.54) is 35.3 Å². The number of tetrazole rings is 1. The fourth-order valence-electron chi connectivity index (χ4n) is 1.89. The van der Waals surface area contributed by atoms with Gasteiger partial charge in [-0.1, -0.05) is 15.9 Å². The van der Waals surface area contributed by atoms with Crippen LogP contribution in [0.2, 0.25) is 0 Å². The maximum atomic E-state index is 12.9. The highest BCUT2D eigenvalue weighted by Gasteiger charge is 2.14. The molecule has 0 aliphatic carbocycles. The highest BCUT2D eigenvalue weighted by atomic mass is 79.9. The van der Waals surface area contributed by atoms with Crippen LogP contribution in [0.5, 0.6) is 0 Å². The molecule has 0 unspecified atom stereocenters. The summed E-state index contributed by atoms with van der Waals surface area (Å²) in [6.45, 7) is 0. The Morgan fingerprint density at radius 2 is 1.95 bits per heavy atom. The number of anilines is 1. The molecule has 1 N–H and O–H groups in total. The molecule has 1 amide bonds. The second-order valence-corrected chi connectivity index (χ2v) is 5.29. The Kier molecular flexibility index (Phi) is 3.92. The van der Waals surface area contributed by atoms with Crippen molar-refractivity contribution in [1.29, 1.82) is 0 Å². The SMILES string of the molecule is O=C(Nc1ccc(F)cc1)c1cc(Br)ccc1-n1cnnn1. The first-order chi connectivity index (χ1) is 10.6. The first-order valence-electron chi connectivity index (χ1n) is 6.23. The second kappa shape index (κ2) is 6.02. The Labute approximate surface area is 133 Å². The molecule has 0 aliphatic rings. The molecule has 0 saturated carbocycles. The largest absolute Gasteiger partial charge is 0.322 e. The van der Waals surface area contributed by atoms with Gasteiger partial charge in [0.1, 0.15) is 12.1 Å². The molecular formula is C14H9BrFN5O. The Morgan fingerprint density at radius 1 is 1.18 bits per heavy atom. The van der Waals surface area contributed by atoms with Gasteiger partial charge in [-0.15, -0.1) is 5.10 Å². The predicted octanol–water partition coefficient (Wildman–Crippen LogP) is 2.82. The van der Waals surface area contributed by atoms with Crippen molar-refractivity contribution < 1.29 is 9.18 Å². The van der Waals surface area contributed by atoms with Gasteiger partial charge in [-0.05, 0) is 52.9 Å². The van der Waals surface area contributed by atoms with E-state index in [2.05, 4.69) is 36.8 Å². The van der Waals surface area contributed by atoms with E-state index in [1.54, 1.807) is 18.2 Å². The summed E-state index contributed by atoms with van der Waals surface area (Å²) in [5.41, 5.74) is 1.41. The molecule has 3 rings (SSSR count). The minimum atomic E-state index is -0.366. The van der Waals surface area contributed by atoms with Crippen LogP contribution in [0, 0.1) is 5.82 Å². The van der Waals surface area contributed by atoms with Crippen molar-refractivity contribution >= 4 is 27.5 Å². The molecule has 0 aliphatic heterocycles. The highest BCUT2D eigenvalue weighted by molar-refractivity contribution is 9.10. The molecule has 0 atom stereocenters. The van der Waals surface area contributed by atoms with Crippen molar-refractivity contribution in [2.24, 2.45) is 0 Å². The number of carbonyl (C=O) groups is 1. The number of hydrogen-bond donors (Lipinski definition) is 1. The number of hydrogen-bond acceptors (Lipinski definition) is 4. The van der Waals surface area contributed by atoms with Crippen molar-refractivity contribution in [1.82, 2.24) is 20.2 Å². The first kappa shape index (κ1) is 14.3. The summed E-state index contributed by atoms with van der Waals surface area (Å²) in [6.07, 6.45) is 1.40. The van der Waals surface area contributed by atoms with E-state index in [-0.39, 0.29) is 11.7 Å². The molecule has 6 nitrogen and oxygen atoms in total. The van der Waals surface area contributed by atoms with Gasteiger partial charge in [0.25, 0.3) is 5.91 Å². The first-order valence-corrected chi connectivity index (χ1v) is 7.02. The number of aromatic nitrogens is 4. The van der Waals surface area contributed by atoms with Gasteiger partial charge < -0.3 is 5.32 Å². The van der Waals surface area contributed by atoms with Crippen LogP contribution in [0.25, 0.3) is 5.69 Å². The average molecular weight is 362 g/mol. The molecule has 0 radical (unpaired) electrons. The third-order valence-corrected chi connectivity index (χ3v) is 3.39. The van der Waals surface area contributed by atoms with Crippen molar-refractivity contribution in [3.63, 3.8) is 0 Å². The van der Waals surface area contributed by atoms with Crippen molar-refractivity contribution in [2.45, 2.75) is 0 Å². The standard InChI is InChI=1S/C14H9BrFN5O/c15-9-1-6-13(21-8-17-19-20-21)12(7-9)14(22)18-11-4-2-10(16)3-5-11/h1-8H,(H,18,22). The number of halogens is 2. The van der Waals surface area contributed by atoms with Gasteiger partial charge in [0.05, 0.1) is 11.3 Å².